The molecule has 0 saturated carbocycles. The number of carboxylic acid groups (broad SMARTS) is 1. The highest BCUT2D eigenvalue weighted by Crippen LogP contribution is 2.30. The van der Waals surface area contributed by atoms with Crippen LogP contribution in [-0.4, -0.2) is 17.1 Å². The third-order valence-electron chi connectivity index (χ3n) is 2.73. The van der Waals surface area contributed by atoms with Gasteiger partial charge in [-0.3, -0.25) is 10.1 Å². The number of benzene rings is 1. The molecule has 1 heterocycles. The second-order valence-corrected chi connectivity index (χ2v) is 4.12. The van der Waals surface area contributed by atoms with Gasteiger partial charge < -0.3 is 5.11 Å². The van der Waals surface area contributed by atoms with Gasteiger partial charge in [0.1, 0.15) is 6.04 Å². The maximum atomic E-state index is 10.8. The Morgan fingerprint density at radius 2 is 2.13 bits per heavy atom. The zero-order valence-corrected chi connectivity index (χ0v) is 8.87. The Labute approximate surface area is 93.1 Å². The lowest BCUT2D eigenvalue weighted by atomic mass is 10.1. The quantitative estimate of drug-likeness (QED) is 0.812. The Morgan fingerprint density at radius 3 is 2.73 bits per heavy atom. The molecule has 4 heteroatoms. The number of hydrogen-bond donors (Lipinski definition) is 2. The molecule has 80 valence electrons. The first-order chi connectivity index (χ1) is 7.18. The predicted molar refractivity (Wildman–Crippen MR) is 58.0 cm³/mol. The molecular formula is C11H12ClNO2. The molecule has 1 saturated heterocycles. The molecule has 1 fully saturated rings. The summed E-state index contributed by atoms with van der Waals surface area (Å²) in [6, 6.07) is 7.18. The first kappa shape index (κ1) is 10.5. The number of nitrogens with one attached hydrogen (secondary N) is 1. The maximum absolute atomic E-state index is 10.8. The van der Waals surface area contributed by atoms with E-state index < -0.39 is 12.0 Å². The van der Waals surface area contributed by atoms with E-state index in [1.54, 1.807) is 0 Å². The lowest BCUT2D eigenvalue weighted by Gasteiger charge is -2.13. The van der Waals surface area contributed by atoms with Crippen LogP contribution in [0.3, 0.4) is 0 Å². The summed E-state index contributed by atoms with van der Waals surface area (Å²) in [7, 11) is 0. The molecule has 0 unspecified atom stereocenters. The van der Waals surface area contributed by atoms with Crippen LogP contribution < -0.4 is 5.32 Å². The zero-order valence-electron chi connectivity index (χ0n) is 8.11. The Hall–Kier alpha value is -1.06. The highest BCUT2D eigenvalue weighted by Gasteiger charge is 2.30. The maximum Gasteiger partial charge on any atom is 0.320 e. The molecule has 3 nitrogen and oxygen atoms in total. The fourth-order valence-electron chi connectivity index (χ4n) is 1.94. The van der Waals surface area contributed by atoms with Crippen LogP contribution in [0.4, 0.5) is 0 Å². The normalized spacial score (nSPS) is 25.4. The first-order valence-electron chi connectivity index (χ1n) is 4.92. The minimum atomic E-state index is -0.787. The number of halogens is 1. The highest BCUT2D eigenvalue weighted by atomic mass is 35.5. The van der Waals surface area contributed by atoms with E-state index in [0.29, 0.717) is 11.4 Å². The van der Waals surface area contributed by atoms with E-state index >= 15 is 0 Å². The SMILES string of the molecule is O=C(O)[C@@H]1CC[C@H](c2ccccc2Cl)N1. The van der Waals surface area contributed by atoms with Crippen molar-refractivity contribution >= 4 is 17.6 Å². The largest absolute Gasteiger partial charge is 0.480 e. The van der Waals surface area contributed by atoms with Gasteiger partial charge >= 0.3 is 5.97 Å². The summed E-state index contributed by atoms with van der Waals surface area (Å²) in [4.78, 5) is 10.8. The topological polar surface area (TPSA) is 49.3 Å². The molecule has 2 N–H and O–H groups in total. The van der Waals surface area contributed by atoms with Crippen molar-refractivity contribution in [2.45, 2.75) is 24.9 Å². The van der Waals surface area contributed by atoms with Crippen LogP contribution in [0.15, 0.2) is 24.3 Å². The van der Waals surface area contributed by atoms with E-state index in [0.717, 1.165) is 12.0 Å². The monoisotopic (exact) mass is 225 g/mol. The number of hydrogen-bond acceptors (Lipinski definition) is 2. The Bertz CT molecular complexity index is 381. The second-order valence-electron chi connectivity index (χ2n) is 3.71. The Kier molecular flexibility index (Phi) is 2.93. The number of aliphatic carboxylic acids is 1. The number of rotatable bonds is 2. The smallest absolute Gasteiger partial charge is 0.320 e. The molecule has 0 radical (unpaired) electrons. The van der Waals surface area contributed by atoms with Gasteiger partial charge in [0.2, 0.25) is 0 Å². The van der Waals surface area contributed by atoms with Crippen molar-refractivity contribution in [3.05, 3.63) is 34.9 Å². The van der Waals surface area contributed by atoms with Crippen LogP contribution in [-0.2, 0) is 4.79 Å². The van der Waals surface area contributed by atoms with Gasteiger partial charge in [0.05, 0.1) is 0 Å². The van der Waals surface area contributed by atoms with Gasteiger partial charge in [-0.05, 0) is 24.5 Å². The highest BCUT2D eigenvalue weighted by molar-refractivity contribution is 6.31. The van der Waals surface area contributed by atoms with Crippen LogP contribution >= 0.6 is 11.6 Å². The lowest BCUT2D eigenvalue weighted by Crippen LogP contribution is -2.31. The van der Waals surface area contributed by atoms with E-state index in [9.17, 15) is 4.79 Å². The molecule has 0 aliphatic carbocycles. The zero-order chi connectivity index (χ0) is 10.8. The molecule has 0 bridgehead atoms. The summed E-state index contributed by atoms with van der Waals surface area (Å²) >= 11 is 6.04. The van der Waals surface area contributed by atoms with E-state index in [4.69, 9.17) is 16.7 Å². The second kappa shape index (κ2) is 4.21. The van der Waals surface area contributed by atoms with Gasteiger partial charge in [-0.1, -0.05) is 29.8 Å². The van der Waals surface area contributed by atoms with Crippen LogP contribution in [0.2, 0.25) is 5.02 Å². The fraction of sp³-hybridized carbons (Fsp3) is 0.364. The molecular weight excluding hydrogens is 214 g/mol. The summed E-state index contributed by atoms with van der Waals surface area (Å²) in [5, 5.41) is 12.6. The first-order valence-corrected chi connectivity index (χ1v) is 5.29. The van der Waals surface area contributed by atoms with Crippen molar-refractivity contribution in [3.8, 4) is 0 Å². The third kappa shape index (κ3) is 2.13. The van der Waals surface area contributed by atoms with E-state index in [-0.39, 0.29) is 6.04 Å². The summed E-state index contributed by atoms with van der Waals surface area (Å²) in [6.07, 6.45) is 1.48. The minimum absolute atomic E-state index is 0.0693. The van der Waals surface area contributed by atoms with E-state index in [2.05, 4.69) is 5.32 Å². The van der Waals surface area contributed by atoms with Crippen LogP contribution in [0.5, 0.6) is 0 Å². The molecule has 2 atom stereocenters. The van der Waals surface area contributed by atoms with Crippen LogP contribution in [0.25, 0.3) is 0 Å². The molecule has 1 aromatic carbocycles. The van der Waals surface area contributed by atoms with Crippen molar-refractivity contribution in [2.75, 3.05) is 0 Å². The number of carbonyl (C=O) groups is 1. The standard InChI is InChI=1S/C11H12ClNO2/c12-8-4-2-1-3-7(8)9-5-6-10(13-9)11(14)15/h1-4,9-10,13H,5-6H2,(H,14,15)/t9-,10+/m1/s1. The molecule has 1 aliphatic rings. The Morgan fingerprint density at radius 1 is 1.40 bits per heavy atom. The van der Waals surface area contributed by atoms with Crippen molar-refractivity contribution in [1.29, 1.82) is 0 Å². The molecule has 2 rings (SSSR count). The molecule has 15 heavy (non-hydrogen) atoms. The molecule has 1 aliphatic heterocycles. The Balaban J connectivity index is 2.14. The summed E-state index contributed by atoms with van der Waals surface area (Å²) in [5.74, 6) is -0.787. The molecule has 0 spiro atoms. The molecule has 0 amide bonds. The van der Waals surface area contributed by atoms with Gasteiger partial charge in [-0.25, -0.2) is 0 Å². The average Bonchev–Trinajstić information content (AvgIpc) is 2.67. The van der Waals surface area contributed by atoms with Gasteiger partial charge in [-0.15, -0.1) is 0 Å². The number of carboxylic acids is 1. The fourth-order valence-corrected chi connectivity index (χ4v) is 2.21. The van der Waals surface area contributed by atoms with Gasteiger partial charge in [-0.2, -0.15) is 0 Å². The van der Waals surface area contributed by atoms with Crippen LogP contribution in [0.1, 0.15) is 24.4 Å². The minimum Gasteiger partial charge on any atom is -0.480 e. The van der Waals surface area contributed by atoms with Crippen molar-refractivity contribution < 1.29 is 9.90 Å². The molecule has 1 aromatic rings. The third-order valence-corrected chi connectivity index (χ3v) is 3.07. The van der Waals surface area contributed by atoms with Gasteiger partial charge in [0.25, 0.3) is 0 Å². The van der Waals surface area contributed by atoms with Crippen LogP contribution in [0, 0.1) is 0 Å². The van der Waals surface area contributed by atoms with Gasteiger partial charge in [0.15, 0.2) is 0 Å². The summed E-state index contributed by atoms with van der Waals surface area (Å²) in [6.45, 7) is 0. The van der Waals surface area contributed by atoms with E-state index in [1.807, 2.05) is 24.3 Å². The van der Waals surface area contributed by atoms with E-state index in [1.165, 1.54) is 0 Å². The summed E-state index contributed by atoms with van der Waals surface area (Å²) in [5.41, 5.74) is 0.989. The average molecular weight is 226 g/mol. The molecule has 0 aromatic heterocycles. The van der Waals surface area contributed by atoms with Gasteiger partial charge in [0, 0.05) is 11.1 Å². The summed E-state index contributed by atoms with van der Waals surface area (Å²) < 4.78 is 0. The predicted octanol–water partition coefficient (Wildman–Crippen LogP) is 2.22. The van der Waals surface area contributed by atoms with Crippen molar-refractivity contribution in [3.63, 3.8) is 0 Å². The van der Waals surface area contributed by atoms with Crippen molar-refractivity contribution in [1.82, 2.24) is 5.32 Å². The lowest BCUT2D eigenvalue weighted by molar-refractivity contribution is -0.139. The van der Waals surface area contributed by atoms with Crippen molar-refractivity contribution in [2.24, 2.45) is 0 Å².